The second-order valence-corrected chi connectivity index (χ2v) is 9.96. The van der Waals surface area contributed by atoms with Crippen molar-refractivity contribution in [3.8, 4) is 0 Å². The number of nitrogens with one attached hydrogen (secondary N) is 2. The number of aryl methyl sites for hydroxylation is 1. The van der Waals surface area contributed by atoms with E-state index in [1.165, 1.54) is 7.11 Å². The lowest BCUT2D eigenvalue weighted by Crippen LogP contribution is -2.55. The number of hydrogen-bond donors (Lipinski definition) is 3. The van der Waals surface area contributed by atoms with Gasteiger partial charge in [-0.1, -0.05) is 34.5 Å². The van der Waals surface area contributed by atoms with Gasteiger partial charge in [-0.05, 0) is 13.3 Å². The zero-order chi connectivity index (χ0) is 25.3. The van der Waals surface area contributed by atoms with Gasteiger partial charge in [0.1, 0.15) is 10.6 Å². The molecule has 0 radical (unpaired) electrons. The molecule has 35 heavy (non-hydrogen) atoms. The number of nitrogens with zero attached hydrogens (tertiary/aromatic N) is 3. The zero-order valence-corrected chi connectivity index (χ0v) is 21.4. The summed E-state index contributed by atoms with van der Waals surface area (Å²) in [5.74, 6) is -2.02. The van der Waals surface area contributed by atoms with Crippen LogP contribution in [-0.4, -0.2) is 96.4 Å². The lowest BCUT2D eigenvalue weighted by Gasteiger charge is -2.37. The van der Waals surface area contributed by atoms with Crippen molar-refractivity contribution >= 4 is 57.5 Å². The van der Waals surface area contributed by atoms with Crippen molar-refractivity contribution in [3.63, 3.8) is 0 Å². The fourth-order valence-corrected chi connectivity index (χ4v) is 5.58. The van der Waals surface area contributed by atoms with E-state index in [-0.39, 0.29) is 33.2 Å². The SMILES string of the molecule is COC1CN(c2nc(C(=O)O)c(C(=O)N3CCOCC3)s2)CCC1NC(=O)c1[nH]c(C)c(Cl)c1Cl. The molecule has 2 aliphatic heterocycles. The monoisotopic (exact) mass is 545 g/mol. The first kappa shape index (κ1) is 25.7. The van der Waals surface area contributed by atoms with Gasteiger partial charge in [0.25, 0.3) is 11.8 Å². The third-order valence-electron chi connectivity index (χ3n) is 6.04. The number of carboxylic acids is 1. The van der Waals surface area contributed by atoms with Crippen LogP contribution in [0, 0.1) is 6.92 Å². The molecule has 2 aromatic heterocycles. The van der Waals surface area contributed by atoms with Gasteiger partial charge < -0.3 is 34.7 Å². The normalized spacial score (nSPS) is 20.7. The summed E-state index contributed by atoms with van der Waals surface area (Å²) >= 11 is 13.3. The lowest BCUT2D eigenvalue weighted by atomic mass is 10.0. The number of anilines is 1. The van der Waals surface area contributed by atoms with Gasteiger partial charge in [-0.2, -0.15) is 0 Å². The van der Waals surface area contributed by atoms with Crippen molar-refractivity contribution in [2.75, 3.05) is 51.4 Å². The van der Waals surface area contributed by atoms with Crippen molar-refractivity contribution in [2.45, 2.75) is 25.5 Å². The number of ether oxygens (including phenoxy) is 2. The van der Waals surface area contributed by atoms with E-state index >= 15 is 0 Å². The van der Waals surface area contributed by atoms with E-state index in [4.69, 9.17) is 32.7 Å². The maximum absolute atomic E-state index is 13.0. The number of aromatic amines is 1. The summed E-state index contributed by atoms with van der Waals surface area (Å²) in [6, 6.07) is -0.324. The van der Waals surface area contributed by atoms with Crippen LogP contribution in [0.4, 0.5) is 5.13 Å². The molecule has 2 aromatic rings. The molecule has 11 nitrogen and oxygen atoms in total. The zero-order valence-electron chi connectivity index (χ0n) is 19.1. The molecule has 0 aromatic carbocycles. The molecule has 2 unspecified atom stereocenters. The van der Waals surface area contributed by atoms with E-state index in [2.05, 4.69) is 15.3 Å². The van der Waals surface area contributed by atoms with Crippen LogP contribution >= 0.6 is 34.5 Å². The number of halogens is 2. The smallest absolute Gasteiger partial charge is 0.356 e. The summed E-state index contributed by atoms with van der Waals surface area (Å²) in [5.41, 5.74) is 0.517. The van der Waals surface area contributed by atoms with Gasteiger partial charge in [0, 0.05) is 39.0 Å². The van der Waals surface area contributed by atoms with Crippen molar-refractivity contribution in [2.24, 2.45) is 0 Å². The first-order chi connectivity index (χ1) is 16.7. The number of H-pyrrole nitrogens is 1. The van der Waals surface area contributed by atoms with Crippen LogP contribution < -0.4 is 10.2 Å². The highest BCUT2D eigenvalue weighted by Gasteiger charge is 2.35. The summed E-state index contributed by atoms with van der Waals surface area (Å²) in [7, 11) is 1.54. The maximum atomic E-state index is 13.0. The molecule has 4 rings (SSSR count). The van der Waals surface area contributed by atoms with E-state index in [0.29, 0.717) is 61.7 Å². The Morgan fingerprint density at radius 2 is 1.94 bits per heavy atom. The van der Waals surface area contributed by atoms with Crippen molar-refractivity contribution in [3.05, 3.63) is 32.0 Å². The minimum atomic E-state index is -1.26. The molecule has 2 atom stereocenters. The third kappa shape index (κ3) is 5.26. The number of morpholine rings is 1. The van der Waals surface area contributed by atoms with Crippen molar-refractivity contribution in [1.82, 2.24) is 20.2 Å². The average Bonchev–Trinajstić information content (AvgIpc) is 3.42. The molecule has 190 valence electrons. The standard InChI is InChI=1S/C21H25Cl2N5O6S/c1-10-13(22)14(23)15(24-10)18(29)25-11-3-4-28(9-12(11)33-2)21-26-16(20(31)32)17(35-21)19(30)27-5-7-34-8-6-27/h11-12,24H,3-9H2,1-2H3,(H,25,29)(H,31,32). The van der Waals surface area contributed by atoms with E-state index in [1.54, 1.807) is 11.8 Å². The van der Waals surface area contributed by atoms with Gasteiger partial charge in [0.15, 0.2) is 10.8 Å². The highest BCUT2D eigenvalue weighted by Crippen LogP contribution is 2.32. The lowest BCUT2D eigenvalue weighted by molar-refractivity contribution is 0.0303. The number of carbonyl (C=O) groups excluding carboxylic acids is 2. The third-order valence-corrected chi connectivity index (χ3v) is 8.09. The number of amides is 2. The Morgan fingerprint density at radius 3 is 2.54 bits per heavy atom. The summed E-state index contributed by atoms with van der Waals surface area (Å²) in [6.45, 7) is 4.16. The molecule has 0 spiro atoms. The van der Waals surface area contributed by atoms with Crippen LogP contribution in [0.3, 0.4) is 0 Å². The van der Waals surface area contributed by atoms with Gasteiger partial charge in [-0.25, -0.2) is 9.78 Å². The van der Waals surface area contributed by atoms with Crippen LogP contribution in [0.1, 0.15) is 42.8 Å². The van der Waals surface area contributed by atoms with Gasteiger partial charge >= 0.3 is 5.97 Å². The fraction of sp³-hybridized carbons (Fsp3) is 0.524. The number of piperidine rings is 1. The van der Waals surface area contributed by atoms with Gasteiger partial charge in [0.2, 0.25) is 0 Å². The van der Waals surface area contributed by atoms with Gasteiger partial charge in [-0.15, -0.1) is 0 Å². The summed E-state index contributed by atoms with van der Waals surface area (Å²) in [5, 5.41) is 13.5. The Morgan fingerprint density at radius 1 is 1.23 bits per heavy atom. The molecule has 2 aliphatic rings. The van der Waals surface area contributed by atoms with Crippen LogP contribution in [0.15, 0.2) is 0 Å². The number of carbonyl (C=O) groups is 3. The highest BCUT2D eigenvalue weighted by molar-refractivity contribution is 7.17. The maximum Gasteiger partial charge on any atom is 0.356 e. The van der Waals surface area contributed by atoms with Crippen molar-refractivity contribution < 1.29 is 29.0 Å². The Balaban J connectivity index is 1.48. The predicted octanol–water partition coefficient (Wildman–Crippen LogP) is 2.28. The molecule has 3 N–H and O–H groups in total. The predicted molar refractivity (Wildman–Crippen MR) is 130 cm³/mol. The molecular weight excluding hydrogens is 521 g/mol. The number of carboxylic acid groups (broad SMARTS) is 1. The largest absolute Gasteiger partial charge is 0.476 e. The molecule has 2 amide bonds. The summed E-state index contributed by atoms with van der Waals surface area (Å²) in [6.07, 6.45) is 0.0953. The van der Waals surface area contributed by atoms with Gasteiger partial charge in [-0.3, -0.25) is 9.59 Å². The topological polar surface area (TPSA) is 137 Å². The molecule has 2 fully saturated rings. The van der Waals surface area contributed by atoms with Gasteiger partial charge in [0.05, 0.1) is 35.4 Å². The van der Waals surface area contributed by atoms with Crippen LogP contribution in [0.2, 0.25) is 10.0 Å². The number of aromatic nitrogens is 2. The average molecular weight is 546 g/mol. The van der Waals surface area contributed by atoms with Crippen LogP contribution in [-0.2, 0) is 9.47 Å². The Bertz CT molecular complexity index is 1130. The second-order valence-electron chi connectivity index (χ2n) is 8.23. The number of thiazole rings is 1. The molecule has 0 aliphatic carbocycles. The Labute approximate surface area is 215 Å². The molecule has 14 heteroatoms. The number of aromatic carboxylic acids is 1. The summed E-state index contributed by atoms with van der Waals surface area (Å²) < 4.78 is 10.9. The minimum Gasteiger partial charge on any atom is -0.476 e. The quantitative estimate of drug-likeness (QED) is 0.502. The molecule has 2 saturated heterocycles. The second kappa shape index (κ2) is 10.7. The van der Waals surface area contributed by atoms with Crippen LogP contribution in [0.5, 0.6) is 0 Å². The number of hydrogen-bond acceptors (Lipinski definition) is 8. The van der Waals surface area contributed by atoms with E-state index in [0.717, 1.165) is 11.3 Å². The van der Waals surface area contributed by atoms with E-state index in [9.17, 15) is 19.5 Å². The van der Waals surface area contributed by atoms with E-state index < -0.39 is 18.0 Å². The molecule has 0 bridgehead atoms. The number of rotatable bonds is 6. The minimum absolute atomic E-state index is 0.0902. The first-order valence-electron chi connectivity index (χ1n) is 10.9. The molecular formula is C21H25Cl2N5O6S. The highest BCUT2D eigenvalue weighted by atomic mass is 35.5. The Kier molecular flexibility index (Phi) is 7.86. The molecule has 4 heterocycles. The first-order valence-corrected chi connectivity index (χ1v) is 12.5. The molecule has 0 saturated carbocycles. The summed E-state index contributed by atoms with van der Waals surface area (Å²) in [4.78, 5) is 48.3. The Hall–Kier alpha value is -2.38. The fourth-order valence-electron chi connectivity index (χ4n) is 4.11. The van der Waals surface area contributed by atoms with Crippen LogP contribution in [0.25, 0.3) is 0 Å². The number of methoxy groups -OCH3 is 1. The van der Waals surface area contributed by atoms with E-state index in [1.807, 2.05) is 4.90 Å². The van der Waals surface area contributed by atoms with Crippen molar-refractivity contribution in [1.29, 1.82) is 0 Å².